The maximum absolute atomic E-state index is 12.5. The first-order chi connectivity index (χ1) is 9.10. The summed E-state index contributed by atoms with van der Waals surface area (Å²) in [6, 6.07) is 3.51. The van der Waals surface area contributed by atoms with Crippen molar-refractivity contribution in [2.75, 3.05) is 0 Å². The van der Waals surface area contributed by atoms with Gasteiger partial charge in [0.2, 0.25) is 11.8 Å². The third-order valence-electron chi connectivity index (χ3n) is 4.31. The van der Waals surface area contributed by atoms with Crippen LogP contribution in [0.15, 0.2) is 35.0 Å². The van der Waals surface area contributed by atoms with E-state index >= 15 is 0 Å². The number of ether oxygens (including phenoxy) is 1. The summed E-state index contributed by atoms with van der Waals surface area (Å²) >= 11 is 0. The lowest BCUT2D eigenvalue weighted by Gasteiger charge is -2.23. The van der Waals surface area contributed by atoms with E-state index in [0.29, 0.717) is 5.76 Å². The van der Waals surface area contributed by atoms with E-state index < -0.39 is 5.60 Å². The van der Waals surface area contributed by atoms with Crippen LogP contribution in [-0.2, 0) is 20.9 Å². The highest BCUT2D eigenvalue weighted by molar-refractivity contribution is 6.07. The van der Waals surface area contributed by atoms with Crippen LogP contribution in [0.1, 0.15) is 12.7 Å². The molecule has 3 aliphatic rings. The predicted molar refractivity (Wildman–Crippen MR) is 63.7 cm³/mol. The standard InChI is InChI=1S/C14H13NO4/c1-14-5-4-9(19-14)10-11(14)13(17)15(12(10)16)7-8-3-2-6-18-8/h2-6,9-11H,7H2,1H3/t9-,10-,11+,14+/m1/s1. The Hall–Kier alpha value is -1.88. The van der Waals surface area contributed by atoms with Crippen molar-refractivity contribution in [2.45, 2.75) is 25.2 Å². The minimum Gasteiger partial charge on any atom is -0.467 e. The SMILES string of the molecule is C[C@@]12C=C[C@@H](O1)[C@H]1C(=O)N(Cc3ccco3)C(=O)[C@H]12. The largest absolute Gasteiger partial charge is 0.467 e. The van der Waals surface area contributed by atoms with Crippen LogP contribution in [0.2, 0.25) is 0 Å². The summed E-state index contributed by atoms with van der Waals surface area (Å²) in [5, 5.41) is 0. The van der Waals surface area contributed by atoms with Crippen LogP contribution in [0.25, 0.3) is 0 Å². The van der Waals surface area contributed by atoms with Crippen LogP contribution >= 0.6 is 0 Å². The van der Waals surface area contributed by atoms with E-state index in [1.807, 2.05) is 19.1 Å². The highest BCUT2D eigenvalue weighted by atomic mass is 16.5. The van der Waals surface area contributed by atoms with E-state index in [0.717, 1.165) is 0 Å². The molecule has 4 heterocycles. The molecule has 19 heavy (non-hydrogen) atoms. The average Bonchev–Trinajstić information content (AvgIpc) is 3.09. The first-order valence-corrected chi connectivity index (χ1v) is 6.35. The quantitative estimate of drug-likeness (QED) is 0.589. The number of rotatable bonds is 2. The molecule has 0 aromatic carbocycles. The molecule has 3 aliphatic heterocycles. The Morgan fingerprint density at radius 1 is 1.37 bits per heavy atom. The molecule has 4 rings (SSSR count). The average molecular weight is 259 g/mol. The van der Waals surface area contributed by atoms with Gasteiger partial charge in [-0.3, -0.25) is 14.5 Å². The normalized spacial score (nSPS) is 39.4. The lowest BCUT2D eigenvalue weighted by atomic mass is 9.78. The van der Waals surface area contributed by atoms with Crippen molar-refractivity contribution in [2.24, 2.45) is 11.8 Å². The Bertz CT molecular complexity index is 591. The number of fused-ring (bicyclic) bond motifs is 5. The fraction of sp³-hybridized carbons (Fsp3) is 0.429. The maximum Gasteiger partial charge on any atom is 0.236 e. The predicted octanol–water partition coefficient (Wildman–Crippen LogP) is 1.11. The molecule has 0 saturated carbocycles. The Balaban J connectivity index is 1.68. The van der Waals surface area contributed by atoms with Crippen LogP contribution in [-0.4, -0.2) is 28.4 Å². The number of hydrogen-bond acceptors (Lipinski definition) is 4. The molecule has 4 atom stereocenters. The first-order valence-electron chi connectivity index (χ1n) is 6.35. The van der Waals surface area contributed by atoms with Gasteiger partial charge in [0.05, 0.1) is 36.3 Å². The van der Waals surface area contributed by atoms with E-state index in [1.165, 1.54) is 11.2 Å². The molecular weight excluding hydrogens is 246 g/mol. The highest BCUT2D eigenvalue weighted by Gasteiger charge is 2.65. The summed E-state index contributed by atoms with van der Waals surface area (Å²) < 4.78 is 11.0. The molecule has 5 nitrogen and oxygen atoms in total. The second-order valence-corrected chi connectivity index (χ2v) is 5.47. The van der Waals surface area contributed by atoms with Gasteiger partial charge < -0.3 is 9.15 Å². The molecule has 0 radical (unpaired) electrons. The van der Waals surface area contributed by atoms with Gasteiger partial charge in [-0.2, -0.15) is 0 Å². The molecule has 1 aromatic heterocycles. The van der Waals surface area contributed by atoms with Crippen LogP contribution in [0.4, 0.5) is 0 Å². The number of nitrogens with zero attached hydrogens (tertiary/aromatic N) is 1. The van der Waals surface area contributed by atoms with E-state index in [-0.39, 0.29) is 36.3 Å². The van der Waals surface area contributed by atoms with Gasteiger partial charge in [0.1, 0.15) is 5.76 Å². The van der Waals surface area contributed by atoms with Gasteiger partial charge in [0.25, 0.3) is 0 Å². The van der Waals surface area contributed by atoms with Crippen molar-refractivity contribution >= 4 is 11.8 Å². The summed E-state index contributed by atoms with van der Waals surface area (Å²) in [6.45, 7) is 2.08. The number of carbonyl (C=O) groups is 2. The third kappa shape index (κ3) is 1.28. The number of carbonyl (C=O) groups excluding carboxylic acids is 2. The first kappa shape index (κ1) is 11.0. The minimum atomic E-state index is -0.625. The summed E-state index contributed by atoms with van der Waals surface area (Å²) in [4.78, 5) is 26.2. The minimum absolute atomic E-state index is 0.149. The third-order valence-corrected chi connectivity index (χ3v) is 4.31. The lowest BCUT2D eigenvalue weighted by molar-refractivity contribution is -0.144. The fourth-order valence-corrected chi connectivity index (χ4v) is 3.43. The molecule has 1 aromatic rings. The van der Waals surface area contributed by atoms with Gasteiger partial charge >= 0.3 is 0 Å². The highest BCUT2D eigenvalue weighted by Crippen LogP contribution is 2.51. The number of hydrogen-bond donors (Lipinski definition) is 0. The zero-order valence-electron chi connectivity index (χ0n) is 10.4. The Labute approximate surface area is 109 Å². The van der Waals surface area contributed by atoms with Gasteiger partial charge in [-0.15, -0.1) is 0 Å². The smallest absolute Gasteiger partial charge is 0.236 e. The van der Waals surface area contributed by atoms with Gasteiger partial charge in [-0.1, -0.05) is 12.2 Å². The summed E-state index contributed by atoms with van der Waals surface area (Å²) in [5.74, 6) is -0.430. The summed E-state index contributed by atoms with van der Waals surface area (Å²) in [7, 11) is 0. The van der Waals surface area contributed by atoms with Crippen LogP contribution in [0, 0.1) is 11.8 Å². The second-order valence-electron chi connectivity index (χ2n) is 5.47. The van der Waals surface area contributed by atoms with E-state index in [4.69, 9.17) is 9.15 Å². The van der Waals surface area contributed by atoms with Crippen LogP contribution < -0.4 is 0 Å². The van der Waals surface area contributed by atoms with Crippen molar-refractivity contribution in [3.05, 3.63) is 36.3 Å². The van der Waals surface area contributed by atoms with Crippen molar-refractivity contribution in [3.8, 4) is 0 Å². The van der Waals surface area contributed by atoms with Gasteiger partial charge in [0.15, 0.2) is 0 Å². The zero-order valence-corrected chi connectivity index (χ0v) is 10.4. The Morgan fingerprint density at radius 2 is 2.21 bits per heavy atom. The van der Waals surface area contributed by atoms with Gasteiger partial charge in [-0.05, 0) is 19.1 Å². The molecule has 0 aliphatic carbocycles. The second kappa shape index (κ2) is 3.36. The topological polar surface area (TPSA) is 59.8 Å². The van der Waals surface area contributed by atoms with Crippen molar-refractivity contribution < 1.29 is 18.7 Å². The molecular formula is C14H13NO4. The lowest BCUT2D eigenvalue weighted by Crippen LogP contribution is -2.38. The van der Waals surface area contributed by atoms with E-state index in [2.05, 4.69) is 0 Å². The van der Waals surface area contributed by atoms with Crippen molar-refractivity contribution in [1.29, 1.82) is 0 Å². The molecule has 0 N–H and O–H groups in total. The molecule has 0 spiro atoms. The van der Waals surface area contributed by atoms with Crippen molar-refractivity contribution in [3.63, 3.8) is 0 Å². The summed E-state index contributed by atoms with van der Waals surface area (Å²) in [5.41, 5.74) is -0.625. The number of likely N-dealkylation sites (tertiary alicyclic amines) is 1. The number of furan rings is 1. The zero-order chi connectivity index (χ0) is 13.2. The molecule has 2 fully saturated rings. The maximum atomic E-state index is 12.5. The van der Waals surface area contributed by atoms with Crippen LogP contribution in [0.5, 0.6) is 0 Å². The molecule has 2 amide bonds. The van der Waals surface area contributed by atoms with Crippen LogP contribution in [0.3, 0.4) is 0 Å². The molecule has 0 unspecified atom stereocenters. The molecule has 2 saturated heterocycles. The molecule has 5 heteroatoms. The van der Waals surface area contributed by atoms with E-state index in [9.17, 15) is 9.59 Å². The van der Waals surface area contributed by atoms with Gasteiger partial charge in [0, 0.05) is 0 Å². The Kier molecular flexibility index (Phi) is 1.94. The number of amides is 2. The number of imide groups is 1. The molecule has 98 valence electrons. The van der Waals surface area contributed by atoms with Crippen molar-refractivity contribution in [1.82, 2.24) is 4.90 Å². The fourth-order valence-electron chi connectivity index (χ4n) is 3.43. The Morgan fingerprint density at radius 3 is 2.89 bits per heavy atom. The van der Waals surface area contributed by atoms with E-state index in [1.54, 1.807) is 12.1 Å². The van der Waals surface area contributed by atoms with Gasteiger partial charge in [-0.25, -0.2) is 0 Å². The molecule has 2 bridgehead atoms. The summed E-state index contributed by atoms with van der Waals surface area (Å²) in [6.07, 6.45) is 5.08. The monoisotopic (exact) mass is 259 g/mol.